The maximum absolute atomic E-state index is 13.8. The number of carbonyl (C=O) groups excluding carboxylic acids is 3. The monoisotopic (exact) mass is 560 g/mol. The predicted molar refractivity (Wildman–Crippen MR) is 160 cm³/mol. The van der Waals surface area contributed by atoms with Crippen LogP contribution in [0.3, 0.4) is 0 Å². The van der Waals surface area contributed by atoms with Gasteiger partial charge in [-0.15, -0.1) is 11.3 Å². The lowest BCUT2D eigenvalue weighted by atomic mass is 9.94. The van der Waals surface area contributed by atoms with Crippen molar-refractivity contribution in [2.24, 2.45) is 0 Å². The lowest BCUT2D eigenvalue weighted by Crippen LogP contribution is -2.61. The molecule has 2 aromatic carbocycles. The molecule has 2 fully saturated rings. The van der Waals surface area contributed by atoms with Gasteiger partial charge in [0.1, 0.15) is 11.6 Å². The Morgan fingerprint density at radius 2 is 1.62 bits per heavy atom. The molecule has 3 N–H and O–H groups in total. The highest BCUT2D eigenvalue weighted by Crippen LogP contribution is 2.32. The molecule has 2 aliphatic rings. The number of amides is 3. The summed E-state index contributed by atoms with van der Waals surface area (Å²) in [5.41, 5.74) is -0.0393. The van der Waals surface area contributed by atoms with Crippen molar-refractivity contribution in [1.29, 1.82) is 0 Å². The van der Waals surface area contributed by atoms with E-state index < -0.39 is 11.6 Å². The van der Waals surface area contributed by atoms with Crippen LogP contribution in [0.2, 0.25) is 0 Å². The second kappa shape index (κ2) is 13.4. The fourth-order valence-electron chi connectivity index (χ4n) is 5.94. The summed E-state index contributed by atoms with van der Waals surface area (Å²) in [5, 5.41) is 10.2. The van der Waals surface area contributed by atoms with Crippen LogP contribution < -0.4 is 16.0 Å². The minimum absolute atomic E-state index is 0.181. The van der Waals surface area contributed by atoms with Gasteiger partial charge in [0.05, 0.1) is 4.88 Å². The summed E-state index contributed by atoms with van der Waals surface area (Å²) in [5.74, 6) is -0.691. The van der Waals surface area contributed by atoms with E-state index in [0.717, 1.165) is 54.5 Å². The highest BCUT2D eigenvalue weighted by molar-refractivity contribution is 7.20. The molecule has 40 heavy (non-hydrogen) atoms. The average molecular weight is 561 g/mol. The molecule has 1 saturated heterocycles. The van der Waals surface area contributed by atoms with Gasteiger partial charge in [-0.1, -0.05) is 67.8 Å². The van der Waals surface area contributed by atoms with Crippen LogP contribution in [0.4, 0.5) is 0 Å². The molecule has 1 aromatic heterocycles. The number of thiophene rings is 1. The number of benzene rings is 2. The molecule has 1 saturated carbocycles. The first kappa shape index (κ1) is 28.3. The van der Waals surface area contributed by atoms with Gasteiger partial charge in [0.25, 0.3) is 5.91 Å². The Morgan fingerprint density at radius 1 is 0.900 bits per heavy atom. The maximum atomic E-state index is 13.8. The highest BCUT2D eigenvalue weighted by atomic mass is 32.1. The van der Waals surface area contributed by atoms with E-state index in [1.54, 1.807) is 0 Å². The first-order chi connectivity index (χ1) is 19.5. The summed E-state index contributed by atoms with van der Waals surface area (Å²) in [6.45, 7) is 3.82. The molecule has 3 amide bonds. The normalized spacial score (nSPS) is 17.8. The van der Waals surface area contributed by atoms with E-state index in [2.05, 4.69) is 20.9 Å². The van der Waals surface area contributed by atoms with E-state index in [1.165, 1.54) is 30.6 Å². The number of piperidine rings is 1. The van der Waals surface area contributed by atoms with Gasteiger partial charge < -0.3 is 20.9 Å². The lowest BCUT2D eigenvalue weighted by Gasteiger charge is -2.31. The standard InChI is InChI=1S/C32H40N4O3S/c37-29(33-18-11-21-36-19-9-2-10-20-36)26(22-24-12-3-1-4-13-24)34-31(39)32(16-7-8-17-32)35-30(38)28-23-25-14-5-6-15-27(25)40-28/h1,3-6,12-15,23,26H,2,7-11,16-22H2,(H,33,37)(H,34,39)(H,35,38)/t26-/m1/s1. The molecule has 0 unspecified atom stereocenters. The van der Waals surface area contributed by atoms with Crippen molar-refractivity contribution >= 4 is 39.1 Å². The van der Waals surface area contributed by atoms with Crippen LogP contribution in [0.5, 0.6) is 0 Å². The Hall–Kier alpha value is -3.23. The van der Waals surface area contributed by atoms with Crippen molar-refractivity contribution in [3.05, 3.63) is 71.1 Å². The maximum Gasteiger partial charge on any atom is 0.262 e. The molecule has 7 nitrogen and oxygen atoms in total. The van der Waals surface area contributed by atoms with Gasteiger partial charge in [-0.25, -0.2) is 0 Å². The first-order valence-electron chi connectivity index (χ1n) is 14.7. The van der Waals surface area contributed by atoms with E-state index in [9.17, 15) is 14.4 Å². The summed E-state index contributed by atoms with van der Waals surface area (Å²) in [6.07, 6.45) is 7.91. The topological polar surface area (TPSA) is 90.5 Å². The number of likely N-dealkylation sites (tertiary alicyclic amines) is 1. The minimum Gasteiger partial charge on any atom is -0.354 e. The lowest BCUT2D eigenvalue weighted by molar-refractivity contribution is -0.132. The third kappa shape index (κ3) is 7.09. The smallest absolute Gasteiger partial charge is 0.262 e. The zero-order chi connectivity index (χ0) is 27.8. The quantitative estimate of drug-likeness (QED) is 0.298. The van der Waals surface area contributed by atoms with Crippen molar-refractivity contribution in [2.45, 2.75) is 69.4 Å². The molecule has 0 bridgehead atoms. The molecular weight excluding hydrogens is 520 g/mol. The van der Waals surface area contributed by atoms with Crippen molar-refractivity contribution < 1.29 is 14.4 Å². The molecule has 3 aromatic rings. The Balaban J connectivity index is 1.25. The molecular formula is C32H40N4O3S. The number of hydrogen-bond acceptors (Lipinski definition) is 5. The molecule has 0 spiro atoms. The molecule has 1 atom stereocenters. The van der Waals surface area contributed by atoms with Gasteiger partial charge in [-0.2, -0.15) is 0 Å². The van der Waals surface area contributed by atoms with Crippen LogP contribution >= 0.6 is 11.3 Å². The van der Waals surface area contributed by atoms with Crippen molar-refractivity contribution in [3.63, 3.8) is 0 Å². The van der Waals surface area contributed by atoms with Crippen LogP contribution in [0.1, 0.15) is 66.6 Å². The Kier molecular flexibility index (Phi) is 9.49. The summed E-state index contributed by atoms with van der Waals surface area (Å²) < 4.78 is 1.04. The van der Waals surface area contributed by atoms with Crippen LogP contribution in [0.25, 0.3) is 10.1 Å². The molecule has 0 radical (unpaired) electrons. The van der Waals surface area contributed by atoms with Crippen LogP contribution in [-0.4, -0.2) is 60.4 Å². The predicted octanol–water partition coefficient (Wildman–Crippen LogP) is 4.66. The largest absolute Gasteiger partial charge is 0.354 e. The zero-order valence-electron chi connectivity index (χ0n) is 23.1. The van der Waals surface area contributed by atoms with E-state index in [-0.39, 0.29) is 17.7 Å². The van der Waals surface area contributed by atoms with Crippen molar-refractivity contribution in [1.82, 2.24) is 20.9 Å². The van der Waals surface area contributed by atoms with E-state index in [1.807, 2.05) is 60.7 Å². The molecule has 1 aliphatic carbocycles. The van der Waals surface area contributed by atoms with Gasteiger partial charge in [0.2, 0.25) is 11.8 Å². The Morgan fingerprint density at radius 3 is 2.38 bits per heavy atom. The molecule has 212 valence electrons. The number of fused-ring (bicyclic) bond motifs is 1. The van der Waals surface area contributed by atoms with Gasteiger partial charge in [0.15, 0.2) is 0 Å². The van der Waals surface area contributed by atoms with Crippen molar-refractivity contribution in [2.75, 3.05) is 26.2 Å². The minimum atomic E-state index is -1.02. The van der Waals surface area contributed by atoms with Crippen molar-refractivity contribution in [3.8, 4) is 0 Å². The van der Waals surface area contributed by atoms with E-state index in [4.69, 9.17) is 0 Å². The number of hydrogen-bond donors (Lipinski definition) is 3. The van der Waals surface area contributed by atoms with Gasteiger partial charge >= 0.3 is 0 Å². The van der Waals surface area contributed by atoms with Gasteiger partial charge in [-0.3, -0.25) is 14.4 Å². The van der Waals surface area contributed by atoms with Crippen LogP contribution in [-0.2, 0) is 16.0 Å². The molecule has 1 aliphatic heterocycles. The third-order valence-electron chi connectivity index (χ3n) is 8.20. The SMILES string of the molecule is O=C(NC1(C(=O)N[C@H](Cc2ccccc2)C(=O)NCCCN2CCCCC2)CCCC1)c1cc2ccccc2s1. The summed E-state index contributed by atoms with van der Waals surface area (Å²) in [4.78, 5) is 43.6. The zero-order valence-corrected chi connectivity index (χ0v) is 23.9. The second-order valence-electron chi connectivity index (χ2n) is 11.2. The number of rotatable bonds is 11. The van der Waals surface area contributed by atoms with Crippen LogP contribution in [0.15, 0.2) is 60.7 Å². The molecule has 2 heterocycles. The first-order valence-corrected chi connectivity index (χ1v) is 15.5. The fourth-order valence-corrected chi connectivity index (χ4v) is 6.89. The number of carbonyl (C=O) groups is 3. The summed E-state index contributed by atoms with van der Waals surface area (Å²) in [6, 6.07) is 18.8. The van der Waals surface area contributed by atoms with Crippen LogP contribution in [0, 0.1) is 0 Å². The van der Waals surface area contributed by atoms with Gasteiger partial charge in [-0.05, 0) is 74.8 Å². The third-order valence-corrected chi connectivity index (χ3v) is 9.31. The molecule has 5 rings (SSSR count). The Labute approximate surface area is 240 Å². The van der Waals surface area contributed by atoms with E-state index >= 15 is 0 Å². The highest BCUT2D eigenvalue weighted by Gasteiger charge is 2.44. The summed E-state index contributed by atoms with van der Waals surface area (Å²) in [7, 11) is 0. The number of nitrogens with zero attached hydrogens (tertiary/aromatic N) is 1. The Bertz CT molecular complexity index is 1260. The van der Waals surface area contributed by atoms with Gasteiger partial charge in [0, 0.05) is 17.7 Å². The molecule has 8 heteroatoms. The van der Waals surface area contributed by atoms with E-state index in [0.29, 0.717) is 30.7 Å². The second-order valence-corrected chi connectivity index (χ2v) is 12.2. The summed E-state index contributed by atoms with van der Waals surface area (Å²) >= 11 is 1.43. The number of nitrogens with one attached hydrogen (secondary N) is 3. The average Bonchev–Trinajstić information content (AvgIpc) is 3.64. The fraction of sp³-hybridized carbons (Fsp3) is 0.469.